The van der Waals surface area contributed by atoms with Gasteiger partial charge < -0.3 is 9.72 Å². The van der Waals surface area contributed by atoms with Crippen molar-refractivity contribution in [1.82, 2.24) is 4.98 Å². The number of aromatic nitrogens is 1. The van der Waals surface area contributed by atoms with Crippen LogP contribution < -0.4 is 4.74 Å². The lowest BCUT2D eigenvalue weighted by Crippen LogP contribution is -2.16. The summed E-state index contributed by atoms with van der Waals surface area (Å²) < 4.78 is 40.2. The number of H-pyrrole nitrogens is 1. The van der Waals surface area contributed by atoms with Crippen LogP contribution in [0.4, 0.5) is 13.2 Å². The summed E-state index contributed by atoms with van der Waals surface area (Å²) in [6.45, 7) is 0. The Hall–Kier alpha value is -2.94. The van der Waals surface area contributed by atoms with Gasteiger partial charge in [0.2, 0.25) is 0 Å². The van der Waals surface area contributed by atoms with Gasteiger partial charge >= 0.3 is 6.36 Å². The van der Waals surface area contributed by atoms with Crippen LogP contribution in [0.5, 0.6) is 5.75 Å². The van der Waals surface area contributed by atoms with Crippen molar-refractivity contribution in [2.75, 3.05) is 0 Å². The predicted octanol–water partition coefficient (Wildman–Crippen LogP) is 4.61. The molecule has 0 saturated carbocycles. The quantitative estimate of drug-likeness (QED) is 0.751. The monoisotopic (exact) mass is 302 g/mol. The fraction of sp³-hybridized carbons (Fsp3) is 0.0625. The maximum absolute atomic E-state index is 12.1. The Kier molecular flexibility index (Phi) is 3.26. The van der Waals surface area contributed by atoms with E-state index in [1.165, 1.54) is 24.3 Å². The van der Waals surface area contributed by atoms with E-state index >= 15 is 0 Å². The maximum atomic E-state index is 12.1. The molecule has 0 atom stereocenters. The van der Waals surface area contributed by atoms with E-state index in [1.807, 2.05) is 6.07 Å². The molecule has 0 bridgehead atoms. The molecular formula is C16H9F3N2O. The first kappa shape index (κ1) is 14.0. The number of hydrogen-bond donors (Lipinski definition) is 1. The molecule has 1 aromatic heterocycles. The van der Waals surface area contributed by atoms with Gasteiger partial charge in [-0.3, -0.25) is 0 Å². The minimum absolute atomic E-state index is 0.265. The van der Waals surface area contributed by atoms with Crippen molar-refractivity contribution < 1.29 is 17.9 Å². The number of benzene rings is 2. The Morgan fingerprint density at radius 1 is 1.00 bits per heavy atom. The first-order valence-corrected chi connectivity index (χ1v) is 6.34. The minimum atomic E-state index is -4.70. The predicted molar refractivity (Wildman–Crippen MR) is 75.1 cm³/mol. The van der Waals surface area contributed by atoms with Crippen LogP contribution in [-0.2, 0) is 0 Å². The van der Waals surface area contributed by atoms with Gasteiger partial charge in [0.1, 0.15) is 5.75 Å². The summed E-state index contributed by atoms with van der Waals surface area (Å²) in [7, 11) is 0. The van der Waals surface area contributed by atoms with E-state index in [0.717, 1.165) is 22.2 Å². The Labute approximate surface area is 123 Å². The second kappa shape index (κ2) is 5.11. The molecule has 1 N–H and O–H groups in total. The van der Waals surface area contributed by atoms with E-state index < -0.39 is 6.36 Å². The zero-order valence-corrected chi connectivity index (χ0v) is 11.1. The SMILES string of the molecule is N#Cc1ccc2[nH]c(-c3ccc(OC(F)(F)F)cc3)cc2c1. The van der Waals surface area contributed by atoms with Crippen LogP contribution in [0.15, 0.2) is 48.5 Å². The highest BCUT2D eigenvalue weighted by atomic mass is 19.4. The second-order valence-corrected chi connectivity index (χ2v) is 4.67. The summed E-state index contributed by atoms with van der Waals surface area (Å²) >= 11 is 0. The van der Waals surface area contributed by atoms with Gasteiger partial charge in [0.15, 0.2) is 0 Å². The number of ether oxygens (including phenoxy) is 1. The number of nitrogens with zero attached hydrogens (tertiary/aromatic N) is 1. The first-order valence-electron chi connectivity index (χ1n) is 6.34. The van der Waals surface area contributed by atoms with Crippen molar-refractivity contribution in [3.8, 4) is 23.1 Å². The highest BCUT2D eigenvalue weighted by Crippen LogP contribution is 2.28. The lowest BCUT2D eigenvalue weighted by Gasteiger charge is -2.08. The molecule has 0 aliphatic heterocycles. The highest BCUT2D eigenvalue weighted by Gasteiger charge is 2.30. The number of rotatable bonds is 2. The Bertz CT molecular complexity index is 858. The van der Waals surface area contributed by atoms with E-state index in [-0.39, 0.29) is 5.75 Å². The molecule has 3 aromatic rings. The molecule has 110 valence electrons. The second-order valence-electron chi connectivity index (χ2n) is 4.67. The van der Waals surface area contributed by atoms with E-state index in [9.17, 15) is 13.2 Å². The standard InChI is InChI=1S/C16H9F3N2O/c17-16(18,19)22-13-4-2-11(3-5-13)15-8-12-7-10(9-20)1-6-14(12)21-15/h1-8,21H. The average molecular weight is 302 g/mol. The molecule has 6 heteroatoms. The molecule has 3 nitrogen and oxygen atoms in total. The average Bonchev–Trinajstić information content (AvgIpc) is 2.89. The molecule has 1 heterocycles. The molecule has 0 aliphatic rings. The molecule has 2 aromatic carbocycles. The van der Waals surface area contributed by atoms with Crippen molar-refractivity contribution in [1.29, 1.82) is 5.26 Å². The molecule has 0 amide bonds. The summed E-state index contributed by atoms with van der Waals surface area (Å²) in [4.78, 5) is 3.16. The van der Waals surface area contributed by atoms with Gasteiger partial charge in [0.05, 0.1) is 11.6 Å². The molecule has 22 heavy (non-hydrogen) atoms. The number of fused-ring (bicyclic) bond motifs is 1. The smallest absolute Gasteiger partial charge is 0.406 e. The van der Waals surface area contributed by atoms with Gasteiger partial charge in [-0.15, -0.1) is 13.2 Å². The number of hydrogen-bond acceptors (Lipinski definition) is 2. The summed E-state index contributed by atoms with van der Waals surface area (Å²) in [5.41, 5.74) is 2.88. The summed E-state index contributed by atoms with van der Waals surface area (Å²) in [5.74, 6) is -0.265. The number of alkyl halides is 3. The maximum Gasteiger partial charge on any atom is 0.573 e. The number of halogens is 3. The van der Waals surface area contributed by atoms with E-state index in [1.54, 1.807) is 18.2 Å². The molecule has 0 saturated heterocycles. The lowest BCUT2D eigenvalue weighted by atomic mass is 10.1. The van der Waals surface area contributed by atoms with Gasteiger partial charge in [-0.25, -0.2) is 0 Å². The van der Waals surface area contributed by atoms with Crippen LogP contribution in [0, 0.1) is 11.3 Å². The molecular weight excluding hydrogens is 293 g/mol. The van der Waals surface area contributed by atoms with Gasteiger partial charge in [-0.2, -0.15) is 5.26 Å². The lowest BCUT2D eigenvalue weighted by molar-refractivity contribution is -0.274. The van der Waals surface area contributed by atoms with Crippen LogP contribution in [0.3, 0.4) is 0 Å². The van der Waals surface area contributed by atoms with Crippen molar-refractivity contribution in [3.05, 3.63) is 54.1 Å². The molecule has 0 unspecified atom stereocenters. The Morgan fingerprint density at radius 2 is 1.73 bits per heavy atom. The van der Waals surface area contributed by atoms with E-state index in [0.29, 0.717) is 5.56 Å². The third-order valence-electron chi connectivity index (χ3n) is 3.15. The Balaban J connectivity index is 1.92. The zero-order valence-electron chi connectivity index (χ0n) is 11.1. The zero-order chi connectivity index (χ0) is 15.7. The fourth-order valence-corrected chi connectivity index (χ4v) is 2.19. The summed E-state index contributed by atoms with van der Waals surface area (Å²) in [5, 5.41) is 9.74. The summed E-state index contributed by atoms with van der Waals surface area (Å²) in [6.07, 6.45) is -4.70. The van der Waals surface area contributed by atoms with Crippen LogP contribution in [0.1, 0.15) is 5.56 Å². The molecule has 0 aliphatic carbocycles. The van der Waals surface area contributed by atoms with Gasteiger partial charge in [-0.1, -0.05) is 0 Å². The van der Waals surface area contributed by atoms with Crippen LogP contribution in [0.25, 0.3) is 22.2 Å². The third-order valence-corrected chi connectivity index (χ3v) is 3.15. The number of nitrogens with one attached hydrogen (secondary N) is 1. The van der Waals surface area contributed by atoms with E-state index in [4.69, 9.17) is 5.26 Å². The molecule has 0 fully saturated rings. The topological polar surface area (TPSA) is 48.8 Å². The number of nitriles is 1. The van der Waals surface area contributed by atoms with Crippen molar-refractivity contribution >= 4 is 10.9 Å². The minimum Gasteiger partial charge on any atom is -0.406 e. The van der Waals surface area contributed by atoms with Crippen molar-refractivity contribution in [3.63, 3.8) is 0 Å². The van der Waals surface area contributed by atoms with Gasteiger partial charge in [0.25, 0.3) is 0 Å². The van der Waals surface area contributed by atoms with Crippen molar-refractivity contribution in [2.45, 2.75) is 6.36 Å². The fourth-order valence-electron chi connectivity index (χ4n) is 2.19. The summed E-state index contributed by atoms with van der Waals surface area (Å²) in [6, 6.07) is 14.7. The molecule has 0 spiro atoms. The molecule has 3 rings (SSSR count). The largest absolute Gasteiger partial charge is 0.573 e. The first-order chi connectivity index (χ1) is 10.4. The van der Waals surface area contributed by atoms with Gasteiger partial charge in [-0.05, 0) is 54.1 Å². The van der Waals surface area contributed by atoms with Crippen LogP contribution in [0.2, 0.25) is 0 Å². The normalized spacial score (nSPS) is 11.4. The third kappa shape index (κ3) is 2.88. The van der Waals surface area contributed by atoms with Gasteiger partial charge in [0, 0.05) is 16.6 Å². The Morgan fingerprint density at radius 3 is 2.36 bits per heavy atom. The van der Waals surface area contributed by atoms with Crippen LogP contribution in [-0.4, -0.2) is 11.3 Å². The highest BCUT2D eigenvalue weighted by molar-refractivity contribution is 5.86. The number of aromatic amines is 1. The van der Waals surface area contributed by atoms with Crippen LogP contribution >= 0.6 is 0 Å². The molecule has 0 radical (unpaired) electrons. The van der Waals surface area contributed by atoms with Crippen molar-refractivity contribution in [2.24, 2.45) is 0 Å². The van der Waals surface area contributed by atoms with E-state index in [2.05, 4.69) is 15.8 Å².